The molecular formula is C20H33N5O3. The van der Waals surface area contributed by atoms with Gasteiger partial charge in [0.05, 0.1) is 20.2 Å². The lowest BCUT2D eigenvalue weighted by Crippen LogP contribution is -2.51. The molecule has 0 saturated carbocycles. The average Bonchev–Trinajstić information content (AvgIpc) is 2.72. The Labute approximate surface area is 167 Å². The predicted octanol–water partition coefficient (Wildman–Crippen LogP) is 0.838. The van der Waals surface area contributed by atoms with Crippen LogP contribution in [0.25, 0.3) is 0 Å². The van der Waals surface area contributed by atoms with E-state index in [4.69, 9.17) is 9.47 Å². The molecule has 0 aromatic heterocycles. The Morgan fingerprint density at radius 2 is 1.96 bits per heavy atom. The predicted molar refractivity (Wildman–Crippen MR) is 111 cm³/mol. The molecule has 1 fully saturated rings. The first-order chi connectivity index (χ1) is 13.5. The average molecular weight is 392 g/mol. The second-order valence-electron chi connectivity index (χ2n) is 6.90. The van der Waals surface area contributed by atoms with Crippen LogP contribution in [0.15, 0.2) is 29.3 Å². The summed E-state index contributed by atoms with van der Waals surface area (Å²) in [5.41, 5.74) is 0. The number of aliphatic imine (C=N–C) groups is 1. The van der Waals surface area contributed by atoms with Gasteiger partial charge in [-0.05, 0) is 31.9 Å². The lowest BCUT2D eigenvalue weighted by atomic mass is 10.1. The molecule has 1 amide bonds. The van der Waals surface area contributed by atoms with Gasteiger partial charge in [-0.3, -0.25) is 14.7 Å². The molecule has 0 aliphatic carbocycles. The lowest BCUT2D eigenvalue weighted by Gasteiger charge is -2.32. The number of hydrogen-bond acceptors (Lipinski definition) is 5. The van der Waals surface area contributed by atoms with Crippen LogP contribution in [0, 0.1) is 0 Å². The van der Waals surface area contributed by atoms with Crippen molar-refractivity contribution in [3.8, 4) is 11.5 Å². The van der Waals surface area contributed by atoms with Crippen molar-refractivity contribution in [1.29, 1.82) is 0 Å². The fourth-order valence-electron chi connectivity index (χ4n) is 3.12. The molecule has 0 radical (unpaired) electrons. The molecular weight excluding hydrogens is 358 g/mol. The van der Waals surface area contributed by atoms with Gasteiger partial charge in [-0.1, -0.05) is 12.1 Å². The topological polar surface area (TPSA) is 87.2 Å². The van der Waals surface area contributed by atoms with E-state index >= 15 is 0 Å². The molecule has 1 aliphatic heterocycles. The largest absolute Gasteiger partial charge is 0.493 e. The summed E-state index contributed by atoms with van der Waals surface area (Å²) in [6.07, 6.45) is 1.90. The van der Waals surface area contributed by atoms with Crippen LogP contribution in [-0.2, 0) is 4.79 Å². The van der Waals surface area contributed by atoms with Crippen LogP contribution in [0.2, 0.25) is 0 Å². The van der Waals surface area contributed by atoms with Crippen LogP contribution in [0.1, 0.15) is 19.8 Å². The first-order valence-corrected chi connectivity index (χ1v) is 9.75. The van der Waals surface area contributed by atoms with Crippen molar-refractivity contribution in [3.05, 3.63) is 24.3 Å². The molecule has 1 heterocycles. The standard InChI is InChI=1S/C20H33N5O3/c1-15(28-18-8-6-5-7-17(18)27-4)13-23-20(22-3)24-16-9-11-25(12-10-16)14-19(26)21-2/h5-8,15-16H,9-14H2,1-4H3,(H,21,26)(H2,22,23,24). The van der Waals surface area contributed by atoms with Crippen molar-refractivity contribution in [2.45, 2.75) is 31.9 Å². The minimum atomic E-state index is -0.0516. The number of hydrogen-bond donors (Lipinski definition) is 3. The number of nitrogens with one attached hydrogen (secondary N) is 3. The second kappa shape index (κ2) is 11.4. The maximum Gasteiger partial charge on any atom is 0.233 e. The van der Waals surface area contributed by atoms with Crippen LogP contribution in [-0.4, -0.2) is 76.3 Å². The van der Waals surface area contributed by atoms with Crippen LogP contribution in [0.5, 0.6) is 11.5 Å². The maximum atomic E-state index is 11.5. The highest BCUT2D eigenvalue weighted by atomic mass is 16.5. The number of rotatable bonds is 8. The quantitative estimate of drug-likeness (QED) is 0.450. The zero-order valence-electron chi connectivity index (χ0n) is 17.3. The number of likely N-dealkylation sites (N-methyl/N-ethyl adjacent to an activating group) is 1. The van der Waals surface area contributed by atoms with E-state index in [0.717, 1.165) is 43.4 Å². The van der Waals surface area contributed by atoms with Gasteiger partial charge in [0, 0.05) is 33.2 Å². The Bertz CT molecular complexity index is 644. The van der Waals surface area contributed by atoms with E-state index in [1.54, 1.807) is 21.2 Å². The van der Waals surface area contributed by atoms with Crippen LogP contribution in [0.3, 0.4) is 0 Å². The first kappa shape index (κ1) is 21.8. The molecule has 1 saturated heterocycles. The molecule has 2 rings (SSSR count). The van der Waals surface area contributed by atoms with Gasteiger partial charge in [-0.2, -0.15) is 0 Å². The molecule has 8 heteroatoms. The van der Waals surface area contributed by atoms with Gasteiger partial charge in [0.2, 0.25) is 5.91 Å². The van der Waals surface area contributed by atoms with Crippen molar-refractivity contribution in [1.82, 2.24) is 20.9 Å². The zero-order valence-corrected chi connectivity index (χ0v) is 17.3. The van der Waals surface area contributed by atoms with Crippen molar-refractivity contribution < 1.29 is 14.3 Å². The number of nitrogens with zero attached hydrogens (tertiary/aromatic N) is 2. The van der Waals surface area contributed by atoms with Gasteiger partial charge in [-0.15, -0.1) is 0 Å². The third kappa shape index (κ3) is 6.92. The van der Waals surface area contributed by atoms with Crippen LogP contribution in [0.4, 0.5) is 0 Å². The van der Waals surface area contributed by atoms with Crippen molar-refractivity contribution in [2.75, 3.05) is 47.4 Å². The SMILES string of the molecule is CN=C(NCC(C)Oc1ccccc1OC)NC1CCN(CC(=O)NC)CC1. The monoisotopic (exact) mass is 391 g/mol. The fourth-order valence-corrected chi connectivity index (χ4v) is 3.12. The third-order valence-electron chi connectivity index (χ3n) is 4.75. The summed E-state index contributed by atoms with van der Waals surface area (Å²) in [6, 6.07) is 7.97. The summed E-state index contributed by atoms with van der Waals surface area (Å²) in [5.74, 6) is 2.28. The number of amides is 1. The normalized spacial score (nSPS) is 16.9. The van der Waals surface area contributed by atoms with Gasteiger partial charge in [0.15, 0.2) is 17.5 Å². The molecule has 1 atom stereocenters. The van der Waals surface area contributed by atoms with Crippen molar-refractivity contribution in [2.24, 2.45) is 4.99 Å². The number of likely N-dealkylation sites (tertiary alicyclic amines) is 1. The van der Waals surface area contributed by atoms with Gasteiger partial charge >= 0.3 is 0 Å². The summed E-state index contributed by atoms with van der Waals surface area (Å²) in [5, 5.41) is 9.46. The highest BCUT2D eigenvalue weighted by molar-refractivity contribution is 5.80. The summed E-state index contributed by atoms with van der Waals surface area (Å²) >= 11 is 0. The Morgan fingerprint density at radius 3 is 2.57 bits per heavy atom. The molecule has 8 nitrogen and oxygen atoms in total. The molecule has 1 aliphatic rings. The minimum absolute atomic E-state index is 0.0516. The van der Waals surface area contributed by atoms with Crippen molar-refractivity contribution >= 4 is 11.9 Å². The van der Waals surface area contributed by atoms with Gasteiger partial charge < -0.3 is 25.4 Å². The number of guanidine groups is 1. The third-order valence-corrected chi connectivity index (χ3v) is 4.75. The second-order valence-corrected chi connectivity index (χ2v) is 6.90. The smallest absolute Gasteiger partial charge is 0.233 e. The molecule has 0 spiro atoms. The van der Waals surface area contributed by atoms with E-state index in [0.29, 0.717) is 19.1 Å². The molecule has 1 aromatic carbocycles. The number of para-hydroxylation sites is 2. The number of ether oxygens (including phenoxy) is 2. The molecule has 1 aromatic rings. The zero-order chi connectivity index (χ0) is 20.4. The molecule has 28 heavy (non-hydrogen) atoms. The van der Waals surface area contributed by atoms with E-state index in [1.165, 1.54) is 0 Å². The Morgan fingerprint density at radius 1 is 1.29 bits per heavy atom. The molecule has 3 N–H and O–H groups in total. The number of carbonyl (C=O) groups excluding carboxylic acids is 1. The Kier molecular flexibility index (Phi) is 8.87. The first-order valence-electron chi connectivity index (χ1n) is 9.75. The number of piperidine rings is 1. The summed E-state index contributed by atoms with van der Waals surface area (Å²) in [7, 11) is 5.07. The van der Waals surface area contributed by atoms with E-state index in [-0.39, 0.29) is 12.0 Å². The minimum Gasteiger partial charge on any atom is -0.493 e. The number of carbonyl (C=O) groups is 1. The van der Waals surface area contributed by atoms with Crippen molar-refractivity contribution in [3.63, 3.8) is 0 Å². The highest BCUT2D eigenvalue weighted by Gasteiger charge is 2.21. The molecule has 0 bridgehead atoms. The summed E-state index contributed by atoms with van der Waals surface area (Å²) in [6.45, 7) is 4.88. The molecule has 156 valence electrons. The maximum absolute atomic E-state index is 11.5. The number of methoxy groups -OCH3 is 1. The summed E-state index contributed by atoms with van der Waals surface area (Å²) < 4.78 is 11.3. The Hall–Kier alpha value is -2.48. The van der Waals surface area contributed by atoms with Gasteiger partial charge in [-0.25, -0.2) is 0 Å². The van der Waals surface area contributed by atoms with E-state index < -0.39 is 0 Å². The fraction of sp³-hybridized carbons (Fsp3) is 0.600. The van der Waals surface area contributed by atoms with E-state index in [2.05, 4.69) is 25.8 Å². The van der Waals surface area contributed by atoms with E-state index in [1.807, 2.05) is 31.2 Å². The van der Waals surface area contributed by atoms with Gasteiger partial charge in [0.25, 0.3) is 0 Å². The molecule has 1 unspecified atom stereocenters. The number of benzene rings is 1. The van der Waals surface area contributed by atoms with Gasteiger partial charge in [0.1, 0.15) is 6.10 Å². The van der Waals surface area contributed by atoms with Crippen LogP contribution >= 0.6 is 0 Å². The highest BCUT2D eigenvalue weighted by Crippen LogP contribution is 2.26. The lowest BCUT2D eigenvalue weighted by molar-refractivity contribution is -0.122. The summed E-state index contributed by atoms with van der Waals surface area (Å²) in [4.78, 5) is 18.0. The van der Waals surface area contributed by atoms with Crippen LogP contribution < -0.4 is 25.4 Å². The Balaban J connectivity index is 1.73. The van der Waals surface area contributed by atoms with E-state index in [9.17, 15) is 4.79 Å².